The van der Waals surface area contributed by atoms with E-state index in [9.17, 15) is 5.26 Å². The second kappa shape index (κ2) is 6.13. The number of rotatable bonds is 4. The first-order valence-electron chi connectivity index (χ1n) is 6.25. The Balaban J connectivity index is 2.41. The van der Waals surface area contributed by atoms with Crippen molar-refractivity contribution in [2.75, 3.05) is 12.4 Å². The van der Waals surface area contributed by atoms with E-state index in [1.54, 1.807) is 7.11 Å². The van der Waals surface area contributed by atoms with Crippen LogP contribution in [0.5, 0.6) is 0 Å². The van der Waals surface area contributed by atoms with Gasteiger partial charge in [-0.15, -0.1) is 5.10 Å². The SMILES string of the molecule is COCc1ccccc1Nc1nnc(C)c(C)c1C#N. The van der Waals surface area contributed by atoms with Crippen LogP contribution in [-0.4, -0.2) is 17.3 Å². The molecular formula is C15H16N4O. The quantitative estimate of drug-likeness (QED) is 0.923. The van der Waals surface area contributed by atoms with Gasteiger partial charge in [-0.25, -0.2) is 0 Å². The van der Waals surface area contributed by atoms with Crippen molar-refractivity contribution in [2.24, 2.45) is 0 Å². The summed E-state index contributed by atoms with van der Waals surface area (Å²) >= 11 is 0. The average Bonchev–Trinajstić information content (AvgIpc) is 2.45. The fourth-order valence-corrected chi connectivity index (χ4v) is 1.88. The molecule has 1 aromatic heterocycles. The monoisotopic (exact) mass is 268 g/mol. The van der Waals surface area contributed by atoms with Crippen molar-refractivity contribution in [3.63, 3.8) is 0 Å². The largest absolute Gasteiger partial charge is 0.380 e. The molecule has 0 saturated carbocycles. The van der Waals surface area contributed by atoms with Gasteiger partial charge >= 0.3 is 0 Å². The molecule has 1 aromatic carbocycles. The van der Waals surface area contributed by atoms with Gasteiger partial charge in [0.05, 0.1) is 12.3 Å². The molecule has 1 N–H and O–H groups in total. The molecule has 1 heterocycles. The molecule has 0 bridgehead atoms. The van der Waals surface area contributed by atoms with Gasteiger partial charge in [-0.2, -0.15) is 10.4 Å². The van der Waals surface area contributed by atoms with Gasteiger partial charge in [0, 0.05) is 18.4 Å². The molecule has 0 aliphatic heterocycles. The minimum Gasteiger partial charge on any atom is -0.380 e. The molecule has 2 rings (SSSR count). The predicted molar refractivity (Wildman–Crippen MR) is 76.7 cm³/mol. The lowest BCUT2D eigenvalue weighted by atomic mass is 10.1. The highest BCUT2D eigenvalue weighted by atomic mass is 16.5. The van der Waals surface area contributed by atoms with Crippen LogP contribution >= 0.6 is 0 Å². The van der Waals surface area contributed by atoms with Crippen LogP contribution in [0.4, 0.5) is 11.5 Å². The maximum Gasteiger partial charge on any atom is 0.171 e. The van der Waals surface area contributed by atoms with E-state index in [4.69, 9.17) is 4.74 Å². The molecule has 102 valence electrons. The molecule has 0 atom stereocenters. The lowest BCUT2D eigenvalue weighted by molar-refractivity contribution is 0.185. The number of benzene rings is 1. The molecule has 0 saturated heterocycles. The van der Waals surface area contributed by atoms with Crippen LogP contribution in [-0.2, 0) is 11.3 Å². The highest BCUT2D eigenvalue weighted by Gasteiger charge is 2.12. The lowest BCUT2D eigenvalue weighted by Crippen LogP contribution is -2.05. The second-order valence-corrected chi connectivity index (χ2v) is 4.46. The third-order valence-corrected chi connectivity index (χ3v) is 3.14. The van der Waals surface area contributed by atoms with Gasteiger partial charge in [-0.1, -0.05) is 18.2 Å². The number of aromatic nitrogens is 2. The van der Waals surface area contributed by atoms with E-state index in [0.717, 1.165) is 22.5 Å². The molecule has 2 aromatic rings. The van der Waals surface area contributed by atoms with Crippen LogP contribution in [0, 0.1) is 25.2 Å². The summed E-state index contributed by atoms with van der Waals surface area (Å²) in [4.78, 5) is 0. The number of anilines is 2. The summed E-state index contributed by atoms with van der Waals surface area (Å²) in [6, 6.07) is 9.93. The van der Waals surface area contributed by atoms with Gasteiger partial charge in [-0.3, -0.25) is 0 Å². The first-order chi connectivity index (χ1) is 9.67. The average molecular weight is 268 g/mol. The van der Waals surface area contributed by atoms with Crippen molar-refractivity contribution in [3.8, 4) is 6.07 Å². The predicted octanol–water partition coefficient (Wildman–Crippen LogP) is 2.86. The fraction of sp³-hybridized carbons (Fsp3) is 0.267. The third kappa shape index (κ3) is 2.76. The molecule has 0 fully saturated rings. The number of para-hydroxylation sites is 1. The topological polar surface area (TPSA) is 70.8 Å². The Hall–Kier alpha value is -2.45. The Bertz CT molecular complexity index is 661. The summed E-state index contributed by atoms with van der Waals surface area (Å²) in [6.45, 7) is 4.20. The van der Waals surface area contributed by atoms with Crippen molar-refractivity contribution in [1.29, 1.82) is 5.26 Å². The molecule has 0 radical (unpaired) electrons. The van der Waals surface area contributed by atoms with Gasteiger partial charge in [0.15, 0.2) is 5.82 Å². The summed E-state index contributed by atoms with van der Waals surface area (Å²) in [7, 11) is 1.65. The normalized spacial score (nSPS) is 10.1. The van der Waals surface area contributed by atoms with Crippen LogP contribution < -0.4 is 5.32 Å². The van der Waals surface area contributed by atoms with Gasteiger partial charge in [-0.05, 0) is 25.5 Å². The van der Waals surface area contributed by atoms with Crippen LogP contribution in [0.1, 0.15) is 22.4 Å². The lowest BCUT2D eigenvalue weighted by Gasteiger charge is -2.12. The number of nitriles is 1. The minimum atomic E-state index is 0.471. The van der Waals surface area contributed by atoms with Crippen molar-refractivity contribution in [3.05, 3.63) is 46.6 Å². The van der Waals surface area contributed by atoms with E-state index in [2.05, 4.69) is 21.6 Å². The Morgan fingerprint density at radius 2 is 2.00 bits per heavy atom. The molecule has 0 aliphatic rings. The summed E-state index contributed by atoms with van der Waals surface area (Å²) in [6.07, 6.45) is 0. The zero-order chi connectivity index (χ0) is 14.5. The van der Waals surface area contributed by atoms with Gasteiger partial charge in [0.1, 0.15) is 11.6 Å². The first-order valence-corrected chi connectivity index (χ1v) is 6.25. The molecule has 5 heteroatoms. The van der Waals surface area contributed by atoms with E-state index < -0.39 is 0 Å². The highest BCUT2D eigenvalue weighted by molar-refractivity contribution is 5.66. The molecule has 0 unspecified atom stereocenters. The number of hydrogen-bond acceptors (Lipinski definition) is 5. The molecule has 0 spiro atoms. The Morgan fingerprint density at radius 3 is 2.70 bits per heavy atom. The Morgan fingerprint density at radius 1 is 1.25 bits per heavy atom. The van der Waals surface area contributed by atoms with E-state index in [0.29, 0.717) is 18.0 Å². The van der Waals surface area contributed by atoms with Crippen LogP contribution in [0.15, 0.2) is 24.3 Å². The number of hydrogen-bond donors (Lipinski definition) is 1. The number of aryl methyl sites for hydroxylation is 1. The van der Waals surface area contributed by atoms with E-state index >= 15 is 0 Å². The Labute approximate surface area is 118 Å². The van der Waals surface area contributed by atoms with Gasteiger partial charge in [0.25, 0.3) is 0 Å². The van der Waals surface area contributed by atoms with Crippen LogP contribution in [0.3, 0.4) is 0 Å². The highest BCUT2D eigenvalue weighted by Crippen LogP contribution is 2.24. The van der Waals surface area contributed by atoms with Crippen molar-refractivity contribution in [1.82, 2.24) is 10.2 Å². The molecule has 20 heavy (non-hydrogen) atoms. The number of nitrogens with zero attached hydrogens (tertiary/aromatic N) is 3. The maximum absolute atomic E-state index is 9.29. The minimum absolute atomic E-state index is 0.471. The molecule has 5 nitrogen and oxygen atoms in total. The van der Waals surface area contributed by atoms with Crippen molar-refractivity contribution >= 4 is 11.5 Å². The second-order valence-electron chi connectivity index (χ2n) is 4.46. The summed E-state index contributed by atoms with van der Waals surface area (Å²) < 4.78 is 5.16. The van der Waals surface area contributed by atoms with Gasteiger partial charge in [0.2, 0.25) is 0 Å². The van der Waals surface area contributed by atoms with Crippen LogP contribution in [0.25, 0.3) is 0 Å². The fourth-order valence-electron chi connectivity index (χ4n) is 1.88. The standard InChI is InChI=1S/C15H16N4O/c1-10-11(2)18-19-15(13(10)8-16)17-14-7-5-4-6-12(14)9-20-3/h4-7H,9H2,1-3H3,(H,17,19). The van der Waals surface area contributed by atoms with Crippen molar-refractivity contribution < 1.29 is 4.74 Å². The molecule has 0 amide bonds. The zero-order valence-corrected chi connectivity index (χ0v) is 11.8. The van der Waals surface area contributed by atoms with Crippen LogP contribution in [0.2, 0.25) is 0 Å². The number of nitrogens with one attached hydrogen (secondary N) is 1. The first kappa shape index (κ1) is 14.0. The maximum atomic E-state index is 9.29. The molecule has 0 aliphatic carbocycles. The number of ether oxygens (including phenoxy) is 1. The van der Waals surface area contributed by atoms with E-state index in [1.165, 1.54) is 0 Å². The zero-order valence-electron chi connectivity index (χ0n) is 11.8. The molecular weight excluding hydrogens is 252 g/mol. The summed E-state index contributed by atoms with van der Waals surface area (Å²) in [5, 5.41) is 20.6. The number of methoxy groups -OCH3 is 1. The smallest absolute Gasteiger partial charge is 0.171 e. The third-order valence-electron chi connectivity index (χ3n) is 3.14. The van der Waals surface area contributed by atoms with E-state index in [-0.39, 0.29) is 0 Å². The Kier molecular flexibility index (Phi) is 4.28. The van der Waals surface area contributed by atoms with Gasteiger partial charge < -0.3 is 10.1 Å². The summed E-state index contributed by atoms with van der Waals surface area (Å²) in [5.74, 6) is 0.471. The summed E-state index contributed by atoms with van der Waals surface area (Å²) in [5.41, 5.74) is 3.98. The van der Waals surface area contributed by atoms with Crippen molar-refractivity contribution in [2.45, 2.75) is 20.5 Å². The van der Waals surface area contributed by atoms with E-state index in [1.807, 2.05) is 38.1 Å².